The number of aromatic nitrogens is 4. The fraction of sp³-hybridized carbons (Fsp3) is 0.348. The molecule has 1 atom stereocenters. The molecule has 0 amide bonds. The fourth-order valence-corrected chi connectivity index (χ4v) is 5.05. The van der Waals surface area contributed by atoms with E-state index in [1.807, 2.05) is 12.3 Å². The number of hydrogen-bond donors (Lipinski definition) is 1. The zero-order valence-electron chi connectivity index (χ0n) is 16.6. The van der Waals surface area contributed by atoms with Gasteiger partial charge in [0.15, 0.2) is 5.65 Å². The summed E-state index contributed by atoms with van der Waals surface area (Å²) in [5.41, 5.74) is 2.49. The molecule has 1 aliphatic rings. The smallest absolute Gasteiger partial charge is 0.276 e. The molecule has 5 rings (SSSR count). The molecule has 1 aromatic carbocycles. The van der Waals surface area contributed by atoms with E-state index in [4.69, 9.17) is 11.6 Å². The first-order chi connectivity index (χ1) is 14.5. The van der Waals surface area contributed by atoms with Gasteiger partial charge in [0.2, 0.25) is 0 Å². The van der Waals surface area contributed by atoms with Crippen molar-refractivity contribution in [3.05, 3.63) is 69.5 Å². The lowest BCUT2D eigenvalue weighted by molar-refractivity contribution is 0.232. The van der Waals surface area contributed by atoms with Crippen molar-refractivity contribution >= 4 is 33.5 Å². The molecule has 5 nitrogen and oxygen atoms in total. The molecule has 3 aromatic heterocycles. The summed E-state index contributed by atoms with van der Waals surface area (Å²) in [6.07, 6.45) is 7.36. The Labute approximate surface area is 177 Å². The molecule has 1 aliphatic carbocycles. The van der Waals surface area contributed by atoms with Gasteiger partial charge in [-0.1, -0.05) is 11.6 Å². The number of nitrogens with zero attached hydrogens (tertiary/aromatic N) is 3. The minimum atomic E-state index is -0.231. The lowest BCUT2D eigenvalue weighted by atomic mass is 9.75. The first kappa shape index (κ1) is 19.2. The first-order valence-electron chi connectivity index (χ1n) is 10.3. The molecule has 0 radical (unpaired) electrons. The van der Waals surface area contributed by atoms with E-state index in [9.17, 15) is 9.18 Å². The Bertz CT molecular complexity index is 1290. The second kappa shape index (κ2) is 7.51. The maximum atomic E-state index is 13.8. The molecule has 0 saturated heterocycles. The van der Waals surface area contributed by atoms with Crippen molar-refractivity contribution in [1.82, 2.24) is 19.7 Å². The van der Waals surface area contributed by atoms with E-state index in [2.05, 4.69) is 22.0 Å². The van der Waals surface area contributed by atoms with Crippen molar-refractivity contribution in [2.45, 2.75) is 44.6 Å². The van der Waals surface area contributed by atoms with Crippen LogP contribution in [-0.2, 0) is 0 Å². The molecule has 3 heterocycles. The minimum absolute atomic E-state index is 0.0399. The van der Waals surface area contributed by atoms with Gasteiger partial charge in [0.05, 0.1) is 22.0 Å². The van der Waals surface area contributed by atoms with Crippen molar-refractivity contribution in [2.24, 2.45) is 5.92 Å². The normalized spacial score (nSPS) is 20.6. The van der Waals surface area contributed by atoms with Crippen LogP contribution in [0.5, 0.6) is 0 Å². The molecule has 1 saturated carbocycles. The number of H-pyrrole nitrogens is 1. The van der Waals surface area contributed by atoms with Gasteiger partial charge in [0, 0.05) is 17.8 Å². The zero-order chi connectivity index (χ0) is 20.8. The standard InChI is InChI=1S/C23H22ClFN4O/c1-13(29-23(30)20-10-16(24)12-27-22(20)28-29)14-2-4-15(5-3-14)18-8-9-26-21-7-6-17(25)11-19(18)21/h6-15H,2-5H2,1H3,(H,27,28)/t13-,14?,15?/m1/s1. The van der Waals surface area contributed by atoms with Crippen LogP contribution >= 0.6 is 11.6 Å². The Morgan fingerprint density at radius 1 is 1.13 bits per heavy atom. The van der Waals surface area contributed by atoms with Crippen LogP contribution in [0.3, 0.4) is 0 Å². The predicted octanol–water partition coefficient (Wildman–Crippen LogP) is 5.60. The summed E-state index contributed by atoms with van der Waals surface area (Å²) >= 11 is 6.00. The van der Waals surface area contributed by atoms with Crippen molar-refractivity contribution in [3.8, 4) is 0 Å². The average Bonchev–Trinajstić information content (AvgIpc) is 3.09. The fourth-order valence-electron chi connectivity index (χ4n) is 4.89. The second-order valence-corrected chi connectivity index (χ2v) is 8.69. The first-order valence-corrected chi connectivity index (χ1v) is 10.7. The average molecular weight is 425 g/mol. The maximum absolute atomic E-state index is 13.8. The van der Waals surface area contributed by atoms with Gasteiger partial charge in [0.1, 0.15) is 5.82 Å². The van der Waals surface area contributed by atoms with Gasteiger partial charge < -0.3 is 0 Å². The summed E-state index contributed by atoms with van der Waals surface area (Å²) < 4.78 is 15.5. The molecular weight excluding hydrogens is 403 g/mol. The van der Waals surface area contributed by atoms with Crippen molar-refractivity contribution in [1.29, 1.82) is 0 Å². The van der Waals surface area contributed by atoms with Gasteiger partial charge in [-0.05, 0) is 80.3 Å². The third-order valence-electron chi connectivity index (χ3n) is 6.57. The minimum Gasteiger partial charge on any atom is -0.278 e. The summed E-state index contributed by atoms with van der Waals surface area (Å²) in [5.74, 6) is 0.527. The highest BCUT2D eigenvalue weighted by molar-refractivity contribution is 6.31. The number of rotatable bonds is 3. The second-order valence-electron chi connectivity index (χ2n) is 8.25. The summed E-state index contributed by atoms with van der Waals surface area (Å²) in [6, 6.07) is 8.51. The Morgan fingerprint density at radius 3 is 2.73 bits per heavy atom. The largest absolute Gasteiger partial charge is 0.278 e. The number of pyridine rings is 2. The topological polar surface area (TPSA) is 63.6 Å². The van der Waals surface area contributed by atoms with E-state index < -0.39 is 0 Å². The van der Waals surface area contributed by atoms with Crippen molar-refractivity contribution in [2.75, 3.05) is 0 Å². The van der Waals surface area contributed by atoms with E-state index in [1.165, 1.54) is 11.6 Å². The van der Waals surface area contributed by atoms with Gasteiger partial charge in [-0.25, -0.2) is 14.1 Å². The Kier molecular flexibility index (Phi) is 4.82. The molecule has 154 valence electrons. The molecule has 0 aliphatic heterocycles. The molecule has 0 bridgehead atoms. The number of aromatic amines is 1. The number of nitrogens with one attached hydrogen (secondary N) is 1. The van der Waals surface area contributed by atoms with Crippen molar-refractivity contribution < 1.29 is 4.39 Å². The van der Waals surface area contributed by atoms with Gasteiger partial charge in [-0.2, -0.15) is 0 Å². The van der Waals surface area contributed by atoms with Gasteiger partial charge in [-0.15, -0.1) is 0 Å². The quantitative estimate of drug-likeness (QED) is 0.465. The van der Waals surface area contributed by atoms with Crippen LogP contribution in [0.15, 0.2) is 47.5 Å². The third-order valence-corrected chi connectivity index (χ3v) is 6.78. The Hall–Kier alpha value is -2.73. The van der Waals surface area contributed by atoms with Crippen LogP contribution < -0.4 is 5.56 Å². The predicted molar refractivity (Wildman–Crippen MR) is 116 cm³/mol. The third kappa shape index (κ3) is 3.29. The Morgan fingerprint density at radius 2 is 1.93 bits per heavy atom. The lowest BCUT2D eigenvalue weighted by Gasteiger charge is -2.33. The summed E-state index contributed by atoms with van der Waals surface area (Å²) in [5, 5.41) is 5.03. The SMILES string of the molecule is C[C@H](C1CCC(c2ccnc3ccc(F)cc23)CC1)n1[nH]c2ncc(Cl)cc2c1=O. The highest BCUT2D eigenvalue weighted by Crippen LogP contribution is 2.41. The van der Waals surface area contributed by atoms with Crippen molar-refractivity contribution in [3.63, 3.8) is 0 Å². The van der Waals surface area contributed by atoms with E-state index in [1.54, 1.807) is 29.1 Å². The maximum Gasteiger partial charge on any atom is 0.276 e. The van der Waals surface area contributed by atoms with Crippen LogP contribution in [0.4, 0.5) is 4.39 Å². The number of fused-ring (bicyclic) bond motifs is 2. The number of benzene rings is 1. The number of halogens is 2. The van der Waals surface area contributed by atoms with Gasteiger partial charge in [-0.3, -0.25) is 14.9 Å². The molecule has 7 heteroatoms. The van der Waals surface area contributed by atoms with Gasteiger partial charge >= 0.3 is 0 Å². The lowest BCUT2D eigenvalue weighted by Crippen LogP contribution is -2.28. The molecule has 30 heavy (non-hydrogen) atoms. The molecule has 1 fully saturated rings. The molecule has 0 spiro atoms. The van der Waals surface area contributed by atoms with E-state index in [-0.39, 0.29) is 17.4 Å². The molecule has 1 N–H and O–H groups in total. The van der Waals surface area contributed by atoms with Gasteiger partial charge in [0.25, 0.3) is 5.56 Å². The van der Waals surface area contributed by atoms with Crippen LogP contribution in [0.2, 0.25) is 5.02 Å². The zero-order valence-corrected chi connectivity index (χ0v) is 17.4. The summed E-state index contributed by atoms with van der Waals surface area (Å²) in [6.45, 7) is 2.08. The summed E-state index contributed by atoms with van der Waals surface area (Å²) in [4.78, 5) is 21.4. The summed E-state index contributed by atoms with van der Waals surface area (Å²) in [7, 11) is 0. The number of hydrogen-bond acceptors (Lipinski definition) is 3. The van der Waals surface area contributed by atoms with E-state index in [0.29, 0.717) is 27.9 Å². The highest BCUT2D eigenvalue weighted by Gasteiger charge is 2.29. The molecular formula is C23H22ClFN4O. The monoisotopic (exact) mass is 424 g/mol. The van der Waals surface area contributed by atoms with Crippen LogP contribution in [0, 0.1) is 11.7 Å². The van der Waals surface area contributed by atoms with Crippen LogP contribution in [-0.4, -0.2) is 19.7 Å². The van der Waals surface area contributed by atoms with E-state index in [0.717, 1.165) is 36.6 Å². The molecule has 4 aromatic rings. The Balaban J connectivity index is 1.37. The van der Waals surface area contributed by atoms with E-state index >= 15 is 0 Å². The van der Waals surface area contributed by atoms with Crippen LogP contribution in [0.1, 0.15) is 50.1 Å². The molecule has 0 unspecified atom stereocenters. The van der Waals surface area contributed by atoms with Crippen LogP contribution in [0.25, 0.3) is 21.9 Å². The highest BCUT2D eigenvalue weighted by atomic mass is 35.5.